The van der Waals surface area contributed by atoms with Crippen molar-refractivity contribution in [2.45, 2.75) is 70.5 Å². The number of ketones is 1. The monoisotopic (exact) mass is 352 g/mol. The minimum Gasteiger partial charge on any atom is -0.356 e. The standard InChI is InChI=1S/C18H22F2O2.C2H4O/c1-4-11-12-8-14(19)13-7-10(21)5-6-17(13)18(12,20)15(22-17)9-16(11,2)3;1-2-3/h5-7,11-12,14-15H,4,8-9H2,1-3H3;2H,1H3/t11?,12?,14-,15?,17-,18-;/m0./s1. The van der Waals surface area contributed by atoms with E-state index in [1.165, 1.54) is 25.2 Å². The molecule has 0 radical (unpaired) electrons. The predicted octanol–water partition coefficient (Wildman–Crippen LogP) is 3.92. The van der Waals surface area contributed by atoms with Gasteiger partial charge in [0.05, 0.1) is 6.10 Å². The number of rotatable bonds is 1. The van der Waals surface area contributed by atoms with Crippen molar-refractivity contribution in [2.75, 3.05) is 0 Å². The number of carbonyl (C=O) groups excluding carboxylic acids is 2. The van der Waals surface area contributed by atoms with Crippen molar-refractivity contribution in [3.63, 3.8) is 0 Å². The number of carbonyl (C=O) groups is 2. The van der Waals surface area contributed by atoms with Gasteiger partial charge in [0.2, 0.25) is 0 Å². The molecule has 0 aromatic carbocycles. The molecule has 4 aliphatic rings. The summed E-state index contributed by atoms with van der Waals surface area (Å²) in [5.74, 6) is -0.508. The molecule has 3 unspecified atom stereocenters. The molecule has 138 valence electrons. The van der Waals surface area contributed by atoms with Gasteiger partial charge in [-0.3, -0.25) is 4.79 Å². The maximum atomic E-state index is 16.2. The number of hydrogen-bond donors (Lipinski definition) is 0. The molecule has 1 saturated heterocycles. The Morgan fingerprint density at radius 1 is 1.40 bits per heavy atom. The van der Waals surface area contributed by atoms with Crippen LogP contribution in [-0.4, -0.2) is 35.6 Å². The van der Waals surface area contributed by atoms with Gasteiger partial charge in [-0.1, -0.05) is 27.2 Å². The minimum atomic E-state index is -1.57. The lowest BCUT2D eigenvalue weighted by atomic mass is 9.45. The highest BCUT2D eigenvalue weighted by atomic mass is 19.1. The summed E-state index contributed by atoms with van der Waals surface area (Å²) >= 11 is 0. The molecule has 2 saturated carbocycles. The van der Waals surface area contributed by atoms with Crippen LogP contribution in [0.3, 0.4) is 0 Å². The second-order valence-electron chi connectivity index (χ2n) is 8.20. The van der Waals surface area contributed by atoms with Gasteiger partial charge in [0.25, 0.3) is 0 Å². The first kappa shape index (κ1) is 18.4. The number of alkyl halides is 2. The van der Waals surface area contributed by atoms with Gasteiger partial charge >= 0.3 is 0 Å². The van der Waals surface area contributed by atoms with Gasteiger partial charge < -0.3 is 9.53 Å². The van der Waals surface area contributed by atoms with Crippen molar-refractivity contribution in [3.05, 3.63) is 23.8 Å². The summed E-state index contributed by atoms with van der Waals surface area (Å²) in [5.41, 5.74) is -2.77. The first-order valence-electron chi connectivity index (χ1n) is 9.03. The van der Waals surface area contributed by atoms with E-state index in [0.29, 0.717) is 6.42 Å². The highest BCUT2D eigenvalue weighted by molar-refractivity contribution is 6.02. The zero-order chi connectivity index (χ0) is 18.6. The lowest BCUT2D eigenvalue weighted by molar-refractivity contribution is -0.354. The summed E-state index contributed by atoms with van der Waals surface area (Å²) in [4.78, 5) is 20.4. The maximum absolute atomic E-state index is 16.2. The van der Waals surface area contributed by atoms with Gasteiger partial charge in [-0.15, -0.1) is 0 Å². The molecule has 25 heavy (non-hydrogen) atoms. The molecule has 0 bridgehead atoms. The van der Waals surface area contributed by atoms with Crippen LogP contribution in [0, 0.1) is 17.3 Å². The number of hydrogen-bond acceptors (Lipinski definition) is 3. The molecule has 0 N–H and O–H groups in total. The zero-order valence-corrected chi connectivity index (χ0v) is 15.2. The van der Waals surface area contributed by atoms with E-state index in [1.54, 1.807) is 0 Å². The number of allylic oxidation sites excluding steroid dienone is 2. The van der Waals surface area contributed by atoms with Crippen molar-refractivity contribution >= 4 is 12.1 Å². The third kappa shape index (κ3) is 2.24. The fourth-order valence-electron chi connectivity index (χ4n) is 5.66. The number of ether oxygens (including phenoxy) is 1. The van der Waals surface area contributed by atoms with Crippen LogP contribution < -0.4 is 0 Å². The number of halogens is 2. The van der Waals surface area contributed by atoms with Gasteiger partial charge in [-0.25, -0.2) is 8.78 Å². The van der Waals surface area contributed by atoms with Crippen molar-refractivity contribution < 1.29 is 23.1 Å². The van der Waals surface area contributed by atoms with Gasteiger partial charge in [0.15, 0.2) is 11.5 Å². The van der Waals surface area contributed by atoms with Crippen molar-refractivity contribution in [3.8, 4) is 0 Å². The topological polar surface area (TPSA) is 43.4 Å². The van der Waals surface area contributed by atoms with Crippen LogP contribution in [0.1, 0.15) is 47.0 Å². The SMILES string of the molecule is CC=O.CCC1C2C[C@H](F)C3=CC(=O)C=C[C@]34OC(CC1(C)C)[C@@]24F. The Balaban J connectivity index is 0.000000569. The third-order valence-electron chi connectivity index (χ3n) is 6.55. The summed E-state index contributed by atoms with van der Waals surface area (Å²) in [6, 6.07) is 0. The van der Waals surface area contributed by atoms with Gasteiger partial charge in [-0.05, 0) is 49.3 Å². The molecule has 3 fully saturated rings. The molecule has 0 aromatic rings. The Morgan fingerprint density at radius 2 is 2.04 bits per heavy atom. The molecule has 4 rings (SSSR count). The van der Waals surface area contributed by atoms with E-state index in [9.17, 15) is 9.18 Å². The van der Waals surface area contributed by atoms with E-state index in [1.807, 2.05) is 0 Å². The van der Waals surface area contributed by atoms with E-state index < -0.39 is 23.5 Å². The van der Waals surface area contributed by atoms with E-state index >= 15 is 4.39 Å². The highest BCUT2D eigenvalue weighted by Gasteiger charge is 2.79. The van der Waals surface area contributed by atoms with Crippen LogP contribution in [0.15, 0.2) is 23.8 Å². The largest absolute Gasteiger partial charge is 0.356 e. The van der Waals surface area contributed by atoms with E-state index in [4.69, 9.17) is 9.53 Å². The zero-order valence-electron chi connectivity index (χ0n) is 15.2. The summed E-state index contributed by atoms with van der Waals surface area (Å²) in [6.45, 7) is 7.77. The van der Waals surface area contributed by atoms with Crippen LogP contribution in [0.2, 0.25) is 0 Å². The maximum Gasteiger partial charge on any atom is 0.178 e. The lowest BCUT2D eigenvalue weighted by Crippen LogP contribution is -2.81. The van der Waals surface area contributed by atoms with Crippen LogP contribution >= 0.6 is 0 Å². The normalized spacial score (nSPS) is 45.8. The Labute approximate surface area is 147 Å². The van der Waals surface area contributed by atoms with Crippen LogP contribution in [0.25, 0.3) is 0 Å². The molecule has 3 aliphatic carbocycles. The second kappa shape index (κ2) is 5.83. The molecular weight excluding hydrogens is 326 g/mol. The Bertz CT molecular complexity index is 653. The quantitative estimate of drug-likeness (QED) is 0.672. The van der Waals surface area contributed by atoms with Crippen molar-refractivity contribution in [1.82, 2.24) is 0 Å². The summed E-state index contributed by atoms with van der Waals surface area (Å²) < 4.78 is 36.9. The lowest BCUT2D eigenvalue weighted by Gasteiger charge is -2.70. The fourth-order valence-corrected chi connectivity index (χ4v) is 5.66. The first-order chi connectivity index (χ1) is 11.7. The van der Waals surface area contributed by atoms with Crippen LogP contribution in [0.5, 0.6) is 0 Å². The summed E-state index contributed by atoms with van der Waals surface area (Å²) in [7, 11) is 0. The van der Waals surface area contributed by atoms with Gasteiger partial charge in [0, 0.05) is 11.5 Å². The first-order valence-corrected chi connectivity index (χ1v) is 9.03. The Morgan fingerprint density at radius 3 is 2.64 bits per heavy atom. The van der Waals surface area contributed by atoms with Crippen LogP contribution in [-0.2, 0) is 14.3 Å². The Hall–Kier alpha value is -1.36. The molecule has 0 amide bonds. The predicted molar refractivity (Wildman–Crippen MR) is 90.6 cm³/mol. The van der Waals surface area contributed by atoms with Gasteiger partial charge in [0.1, 0.15) is 18.1 Å². The van der Waals surface area contributed by atoms with Crippen molar-refractivity contribution in [1.29, 1.82) is 0 Å². The molecule has 6 atom stereocenters. The average Bonchev–Trinajstić information content (AvgIpc) is 2.53. The van der Waals surface area contributed by atoms with E-state index in [0.717, 1.165) is 12.7 Å². The van der Waals surface area contributed by atoms with E-state index in [2.05, 4.69) is 20.8 Å². The Kier molecular flexibility index (Phi) is 4.30. The molecule has 1 aliphatic heterocycles. The fraction of sp³-hybridized carbons (Fsp3) is 0.700. The van der Waals surface area contributed by atoms with Crippen molar-refractivity contribution in [2.24, 2.45) is 17.3 Å². The number of aldehydes is 1. The molecule has 0 aromatic heterocycles. The summed E-state index contributed by atoms with van der Waals surface area (Å²) in [6.07, 6.45) is 4.65. The van der Waals surface area contributed by atoms with Gasteiger partial charge in [-0.2, -0.15) is 0 Å². The molecule has 1 spiro atoms. The average molecular weight is 352 g/mol. The minimum absolute atomic E-state index is 0.0591. The smallest absolute Gasteiger partial charge is 0.178 e. The van der Waals surface area contributed by atoms with Crippen LogP contribution in [0.4, 0.5) is 8.78 Å². The molecule has 1 heterocycles. The second-order valence-corrected chi connectivity index (χ2v) is 8.20. The highest BCUT2D eigenvalue weighted by Crippen LogP contribution is 2.69. The third-order valence-corrected chi connectivity index (χ3v) is 6.55. The van der Waals surface area contributed by atoms with E-state index in [-0.39, 0.29) is 35.0 Å². The summed E-state index contributed by atoms with van der Waals surface area (Å²) in [5, 5.41) is 0. The molecule has 5 heteroatoms. The molecule has 3 nitrogen and oxygen atoms in total. The molecular formula is C20H26F2O3.